The number of nitrogens with zero attached hydrogens (tertiary/aromatic N) is 1. The minimum absolute atomic E-state index is 0.0699. The monoisotopic (exact) mass is 377 g/mol. The molecule has 2 rings (SSSR count). The van der Waals surface area contributed by atoms with Crippen molar-refractivity contribution in [1.82, 2.24) is 4.98 Å². The smallest absolute Gasteiger partial charge is 0.228 e. The van der Waals surface area contributed by atoms with Gasteiger partial charge >= 0.3 is 0 Å². The molecular weight excluding hydrogens is 358 g/mol. The molecule has 0 bridgehead atoms. The zero-order chi connectivity index (χ0) is 16.5. The minimum atomic E-state index is -0.0699. The molecule has 0 fully saturated rings. The second-order valence-electron chi connectivity index (χ2n) is 5.02. The van der Waals surface area contributed by atoms with Gasteiger partial charge in [-0.2, -0.15) is 0 Å². The molecule has 1 aromatic heterocycles. The number of carbonyl (C=O) groups excluding carboxylic acids is 1. The topological polar surface area (TPSA) is 63.2 Å². The predicted molar refractivity (Wildman–Crippen MR) is 95.7 cm³/mol. The van der Waals surface area contributed by atoms with E-state index in [9.17, 15) is 4.79 Å². The molecule has 122 valence electrons. The lowest BCUT2D eigenvalue weighted by molar-refractivity contribution is -0.115. The summed E-state index contributed by atoms with van der Waals surface area (Å²) in [6, 6.07) is 11.4. The van der Waals surface area contributed by atoms with Crippen LogP contribution in [0.25, 0.3) is 0 Å². The summed E-state index contributed by atoms with van der Waals surface area (Å²) in [6.07, 6.45) is 2.89. The fourth-order valence-corrected chi connectivity index (χ4v) is 2.45. The van der Waals surface area contributed by atoms with Gasteiger partial charge in [-0.1, -0.05) is 34.1 Å². The normalized spacial score (nSPS) is 10.3. The Balaban J connectivity index is 1.83. The molecule has 5 nitrogen and oxygen atoms in total. The van der Waals surface area contributed by atoms with Crippen molar-refractivity contribution in [3.63, 3.8) is 0 Å². The van der Waals surface area contributed by atoms with Gasteiger partial charge in [-0.3, -0.25) is 4.79 Å². The molecule has 0 aliphatic heterocycles. The summed E-state index contributed by atoms with van der Waals surface area (Å²) < 4.78 is 5.92. The number of hydrogen-bond acceptors (Lipinski definition) is 4. The van der Waals surface area contributed by atoms with Gasteiger partial charge in [-0.25, -0.2) is 4.98 Å². The third-order valence-corrected chi connectivity index (χ3v) is 3.96. The first-order valence-electron chi connectivity index (χ1n) is 7.41. The number of hydrogen-bond donors (Lipinski definition) is 2. The van der Waals surface area contributed by atoms with Gasteiger partial charge in [-0.05, 0) is 30.2 Å². The highest BCUT2D eigenvalue weighted by Gasteiger charge is 2.07. The SMILES string of the molecule is COCCCNc1ccc(NC(=O)Cc2ccccc2Br)cn1. The first-order chi connectivity index (χ1) is 11.2. The third-order valence-electron chi connectivity index (χ3n) is 3.19. The highest BCUT2D eigenvalue weighted by molar-refractivity contribution is 9.10. The molecule has 0 unspecified atom stereocenters. The molecule has 0 atom stereocenters. The Bertz CT molecular complexity index is 632. The number of amides is 1. The molecule has 0 aliphatic carbocycles. The predicted octanol–water partition coefficient (Wildman–Crippen LogP) is 3.47. The molecule has 6 heteroatoms. The number of carbonyl (C=O) groups is 1. The van der Waals surface area contributed by atoms with Gasteiger partial charge in [0.2, 0.25) is 5.91 Å². The molecule has 1 aromatic carbocycles. The van der Waals surface area contributed by atoms with E-state index in [1.54, 1.807) is 13.3 Å². The lowest BCUT2D eigenvalue weighted by Gasteiger charge is -2.08. The number of nitrogens with one attached hydrogen (secondary N) is 2. The fraction of sp³-hybridized carbons (Fsp3) is 0.294. The molecule has 2 N–H and O–H groups in total. The van der Waals surface area contributed by atoms with Crippen LogP contribution in [0.1, 0.15) is 12.0 Å². The number of anilines is 2. The molecule has 23 heavy (non-hydrogen) atoms. The van der Waals surface area contributed by atoms with Crippen LogP contribution in [0.4, 0.5) is 11.5 Å². The van der Waals surface area contributed by atoms with E-state index in [0.29, 0.717) is 12.1 Å². The maximum atomic E-state index is 12.1. The van der Waals surface area contributed by atoms with E-state index in [-0.39, 0.29) is 5.91 Å². The third kappa shape index (κ3) is 6.00. The second-order valence-corrected chi connectivity index (χ2v) is 5.88. The van der Waals surface area contributed by atoms with Crippen LogP contribution in [0, 0.1) is 0 Å². The zero-order valence-electron chi connectivity index (χ0n) is 13.0. The summed E-state index contributed by atoms with van der Waals surface area (Å²) in [4.78, 5) is 16.4. The summed E-state index contributed by atoms with van der Waals surface area (Å²) in [5, 5.41) is 6.05. The van der Waals surface area contributed by atoms with Crippen molar-refractivity contribution < 1.29 is 9.53 Å². The average Bonchev–Trinajstić information content (AvgIpc) is 2.55. The van der Waals surface area contributed by atoms with Crippen molar-refractivity contribution in [2.75, 3.05) is 30.9 Å². The van der Waals surface area contributed by atoms with Crippen molar-refractivity contribution in [2.45, 2.75) is 12.8 Å². The van der Waals surface area contributed by atoms with Gasteiger partial charge in [0.05, 0.1) is 18.3 Å². The maximum absolute atomic E-state index is 12.1. The number of aromatic nitrogens is 1. The molecule has 0 spiro atoms. The Morgan fingerprint density at radius 2 is 2.09 bits per heavy atom. The van der Waals surface area contributed by atoms with E-state index in [0.717, 1.165) is 35.4 Å². The Kier molecular flexibility index (Phi) is 7.03. The van der Waals surface area contributed by atoms with Crippen LogP contribution in [0.5, 0.6) is 0 Å². The van der Waals surface area contributed by atoms with Gasteiger partial charge in [0, 0.05) is 24.7 Å². The number of ether oxygens (including phenoxy) is 1. The van der Waals surface area contributed by atoms with E-state index in [2.05, 4.69) is 31.5 Å². The number of methoxy groups -OCH3 is 1. The van der Waals surface area contributed by atoms with Gasteiger partial charge in [-0.15, -0.1) is 0 Å². The second kappa shape index (κ2) is 9.27. The first-order valence-corrected chi connectivity index (χ1v) is 8.20. The molecule has 0 saturated carbocycles. The fourth-order valence-electron chi connectivity index (χ4n) is 2.03. The largest absolute Gasteiger partial charge is 0.385 e. The van der Waals surface area contributed by atoms with Crippen molar-refractivity contribution in [3.8, 4) is 0 Å². The Morgan fingerprint density at radius 3 is 2.78 bits per heavy atom. The van der Waals surface area contributed by atoms with Crippen LogP contribution in [0.2, 0.25) is 0 Å². The van der Waals surface area contributed by atoms with E-state index in [4.69, 9.17) is 4.74 Å². The lowest BCUT2D eigenvalue weighted by atomic mass is 10.1. The Morgan fingerprint density at radius 1 is 1.26 bits per heavy atom. The van der Waals surface area contributed by atoms with E-state index in [1.807, 2.05) is 36.4 Å². The molecular formula is C17H20BrN3O2. The van der Waals surface area contributed by atoms with Crippen molar-refractivity contribution >= 4 is 33.3 Å². The van der Waals surface area contributed by atoms with Crippen LogP contribution in [0.15, 0.2) is 47.1 Å². The van der Waals surface area contributed by atoms with E-state index in [1.165, 1.54) is 0 Å². The minimum Gasteiger partial charge on any atom is -0.385 e. The Labute approximate surface area is 144 Å². The van der Waals surface area contributed by atoms with Gasteiger partial charge < -0.3 is 15.4 Å². The molecule has 0 aliphatic rings. The Hall–Kier alpha value is -1.92. The summed E-state index contributed by atoms with van der Waals surface area (Å²) in [5.74, 6) is 0.712. The maximum Gasteiger partial charge on any atom is 0.228 e. The first kappa shape index (κ1) is 17.4. The van der Waals surface area contributed by atoms with Crippen LogP contribution in [0.3, 0.4) is 0 Å². The number of benzene rings is 1. The summed E-state index contributed by atoms with van der Waals surface area (Å²) in [6.45, 7) is 1.52. The molecule has 0 radical (unpaired) electrons. The quantitative estimate of drug-likeness (QED) is 0.691. The zero-order valence-corrected chi connectivity index (χ0v) is 14.6. The summed E-state index contributed by atoms with van der Waals surface area (Å²) >= 11 is 3.45. The number of rotatable bonds is 8. The average molecular weight is 378 g/mol. The standard InChI is InChI=1S/C17H20BrN3O2/c1-23-10-4-9-19-16-8-7-14(12-20-16)21-17(22)11-13-5-2-3-6-15(13)18/h2-3,5-8,12H,4,9-11H2,1H3,(H,19,20)(H,21,22). The van der Waals surface area contributed by atoms with Crippen LogP contribution < -0.4 is 10.6 Å². The lowest BCUT2D eigenvalue weighted by Crippen LogP contribution is -2.15. The van der Waals surface area contributed by atoms with Crippen LogP contribution >= 0.6 is 15.9 Å². The highest BCUT2D eigenvalue weighted by atomic mass is 79.9. The van der Waals surface area contributed by atoms with E-state index >= 15 is 0 Å². The summed E-state index contributed by atoms with van der Waals surface area (Å²) in [7, 11) is 1.68. The van der Waals surface area contributed by atoms with Gasteiger partial charge in [0.1, 0.15) is 5.82 Å². The number of pyridine rings is 1. The van der Waals surface area contributed by atoms with Crippen molar-refractivity contribution in [2.24, 2.45) is 0 Å². The van der Waals surface area contributed by atoms with Crippen molar-refractivity contribution in [3.05, 3.63) is 52.6 Å². The molecule has 1 heterocycles. The molecule has 1 amide bonds. The molecule has 2 aromatic rings. The van der Waals surface area contributed by atoms with Crippen LogP contribution in [-0.2, 0) is 16.0 Å². The van der Waals surface area contributed by atoms with Gasteiger partial charge in [0.25, 0.3) is 0 Å². The van der Waals surface area contributed by atoms with Crippen LogP contribution in [-0.4, -0.2) is 31.2 Å². The summed E-state index contributed by atoms with van der Waals surface area (Å²) in [5.41, 5.74) is 1.64. The molecule has 0 saturated heterocycles. The number of halogens is 1. The van der Waals surface area contributed by atoms with Crippen molar-refractivity contribution in [1.29, 1.82) is 0 Å². The van der Waals surface area contributed by atoms with Gasteiger partial charge in [0.15, 0.2) is 0 Å². The van der Waals surface area contributed by atoms with E-state index < -0.39 is 0 Å². The highest BCUT2D eigenvalue weighted by Crippen LogP contribution is 2.17.